The molecule has 0 saturated heterocycles. The molecular weight excluding hydrogens is 314 g/mol. The lowest BCUT2D eigenvalue weighted by atomic mass is 9.92. The van der Waals surface area contributed by atoms with E-state index >= 15 is 0 Å². The average Bonchev–Trinajstić information content (AvgIpc) is 3.37. The quantitative estimate of drug-likeness (QED) is 0.774. The van der Waals surface area contributed by atoms with Gasteiger partial charge >= 0.3 is 0 Å². The van der Waals surface area contributed by atoms with Gasteiger partial charge in [-0.1, -0.05) is 40.2 Å². The third kappa shape index (κ3) is 2.02. The van der Waals surface area contributed by atoms with Gasteiger partial charge in [-0.05, 0) is 48.6 Å². The van der Waals surface area contributed by atoms with Crippen LogP contribution in [0.1, 0.15) is 36.3 Å². The third-order valence-electron chi connectivity index (χ3n) is 5.21. The molecule has 4 rings (SSSR count). The van der Waals surface area contributed by atoms with E-state index in [9.17, 15) is 4.79 Å². The maximum atomic E-state index is 12.9. The fourth-order valence-electron chi connectivity index (χ4n) is 4.04. The summed E-state index contributed by atoms with van der Waals surface area (Å²) in [6, 6.07) is 9.27. The van der Waals surface area contributed by atoms with E-state index in [1.165, 1.54) is 30.4 Å². The minimum atomic E-state index is 0.276. The molecule has 106 valence electrons. The molecule has 0 radical (unpaired) electrons. The van der Waals surface area contributed by atoms with E-state index in [1.807, 2.05) is 0 Å². The van der Waals surface area contributed by atoms with Gasteiger partial charge in [0, 0.05) is 23.8 Å². The number of amides is 1. The van der Waals surface area contributed by atoms with Crippen LogP contribution in [0.25, 0.3) is 0 Å². The number of carbonyl (C=O) groups is 1. The molecule has 0 N–H and O–H groups in total. The number of nitrogens with zero attached hydrogens (tertiary/aromatic N) is 1. The van der Waals surface area contributed by atoms with E-state index < -0.39 is 0 Å². The molecule has 1 aromatic rings. The molecule has 3 aliphatic rings. The zero-order valence-corrected chi connectivity index (χ0v) is 13.2. The molecule has 2 nitrogen and oxygen atoms in total. The second-order valence-electron chi connectivity index (χ2n) is 6.40. The summed E-state index contributed by atoms with van der Waals surface area (Å²) in [4.78, 5) is 15.0. The number of fused-ring (bicyclic) bond motifs is 3. The number of carbonyl (C=O) groups excluding carboxylic acids is 1. The molecule has 3 heteroatoms. The van der Waals surface area contributed by atoms with Crippen LogP contribution in [0.4, 0.5) is 0 Å². The summed E-state index contributed by atoms with van der Waals surface area (Å²) < 4.78 is 0. The van der Waals surface area contributed by atoms with Crippen molar-refractivity contribution in [2.24, 2.45) is 11.8 Å². The molecule has 1 amide bonds. The first kappa shape index (κ1) is 12.9. The van der Waals surface area contributed by atoms with Crippen LogP contribution in [0, 0.1) is 11.8 Å². The molecule has 1 aromatic carbocycles. The van der Waals surface area contributed by atoms with E-state index in [1.54, 1.807) is 0 Å². The Hall–Kier alpha value is -0.830. The van der Waals surface area contributed by atoms with Crippen molar-refractivity contribution in [1.82, 2.24) is 4.90 Å². The number of rotatable bonds is 4. The van der Waals surface area contributed by atoms with Crippen LogP contribution in [-0.4, -0.2) is 28.7 Å². The second kappa shape index (κ2) is 4.87. The molecule has 3 aliphatic carbocycles. The smallest absolute Gasteiger partial charge is 0.226 e. The van der Waals surface area contributed by atoms with Crippen LogP contribution < -0.4 is 0 Å². The number of alkyl halides is 1. The number of aryl methyl sites for hydroxylation is 1. The van der Waals surface area contributed by atoms with Gasteiger partial charge in [0.15, 0.2) is 0 Å². The van der Waals surface area contributed by atoms with Crippen molar-refractivity contribution < 1.29 is 4.79 Å². The van der Waals surface area contributed by atoms with Gasteiger partial charge in [0.1, 0.15) is 0 Å². The van der Waals surface area contributed by atoms with Crippen LogP contribution in [0.15, 0.2) is 24.3 Å². The van der Waals surface area contributed by atoms with E-state index in [-0.39, 0.29) is 5.92 Å². The zero-order chi connectivity index (χ0) is 13.7. The molecule has 3 unspecified atom stereocenters. The first-order valence-corrected chi connectivity index (χ1v) is 8.87. The molecular formula is C17H20BrNO. The molecule has 0 heterocycles. The Morgan fingerprint density at radius 2 is 2.05 bits per heavy atom. The van der Waals surface area contributed by atoms with Gasteiger partial charge in [-0.15, -0.1) is 0 Å². The second-order valence-corrected chi connectivity index (χ2v) is 7.20. The lowest BCUT2D eigenvalue weighted by molar-refractivity contribution is -0.133. The highest BCUT2D eigenvalue weighted by Gasteiger charge is 2.58. The van der Waals surface area contributed by atoms with Crippen molar-refractivity contribution in [3.8, 4) is 0 Å². The number of hydrogen-bond donors (Lipinski definition) is 0. The van der Waals surface area contributed by atoms with Gasteiger partial charge in [0.25, 0.3) is 0 Å². The molecule has 0 spiro atoms. The Bertz CT molecular complexity index is 540. The Morgan fingerprint density at radius 1 is 1.25 bits per heavy atom. The molecule has 3 atom stereocenters. The normalized spacial score (nSPS) is 30.4. The highest BCUT2D eigenvalue weighted by Crippen LogP contribution is 2.60. The van der Waals surface area contributed by atoms with Crippen LogP contribution >= 0.6 is 15.9 Å². The fourth-order valence-corrected chi connectivity index (χ4v) is 4.43. The first-order valence-electron chi connectivity index (χ1n) is 7.75. The molecule has 0 bridgehead atoms. The zero-order valence-electron chi connectivity index (χ0n) is 11.6. The van der Waals surface area contributed by atoms with Crippen LogP contribution in [0.5, 0.6) is 0 Å². The van der Waals surface area contributed by atoms with Crippen molar-refractivity contribution in [2.75, 3.05) is 11.9 Å². The number of halogens is 1. The molecule has 2 saturated carbocycles. The standard InChI is InChI=1S/C17H20BrNO/c18-9-10-19(12-6-7-12)17(20)16-14-8-5-11-3-1-2-4-13(11)15(14)16/h1-4,12,14-16H,5-10H2. The lowest BCUT2D eigenvalue weighted by Gasteiger charge is -2.21. The van der Waals surface area contributed by atoms with Crippen molar-refractivity contribution >= 4 is 21.8 Å². The molecule has 20 heavy (non-hydrogen) atoms. The lowest BCUT2D eigenvalue weighted by Crippen LogP contribution is -2.36. The van der Waals surface area contributed by atoms with Crippen LogP contribution in [0.2, 0.25) is 0 Å². The van der Waals surface area contributed by atoms with Crippen molar-refractivity contribution in [2.45, 2.75) is 37.6 Å². The van der Waals surface area contributed by atoms with Gasteiger partial charge < -0.3 is 4.90 Å². The minimum absolute atomic E-state index is 0.276. The Labute approximate surface area is 128 Å². The summed E-state index contributed by atoms with van der Waals surface area (Å²) in [7, 11) is 0. The highest BCUT2D eigenvalue weighted by atomic mass is 79.9. The molecule has 0 aliphatic heterocycles. The van der Waals surface area contributed by atoms with Crippen LogP contribution in [0.3, 0.4) is 0 Å². The number of hydrogen-bond acceptors (Lipinski definition) is 1. The van der Waals surface area contributed by atoms with E-state index in [4.69, 9.17) is 0 Å². The van der Waals surface area contributed by atoms with Crippen molar-refractivity contribution in [1.29, 1.82) is 0 Å². The summed E-state index contributed by atoms with van der Waals surface area (Å²) >= 11 is 3.49. The van der Waals surface area contributed by atoms with Gasteiger partial charge in [0.05, 0.1) is 0 Å². The average molecular weight is 334 g/mol. The predicted octanol–water partition coefficient (Wildman–Crippen LogP) is 3.35. The van der Waals surface area contributed by atoms with Gasteiger partial charge in [-0.25, -0.2) is 0 Å². The number of benzene rings is 1. The summed E-state index contributed by atoms with van der Waals surface area (Å²) in [6.45, 7) is 0.876. The predicted molar refractivity (Wildman–Crippen MR) is 83.0 cm³/mol. The van der Waals surface area contributed by atoms with E-state index in [0.717, 1.165) is 18.3 Å². The third-order valence-corrected chi connectivity index (χ3v) is 5.57. The van der Waals surface area contributed by atoms with Gasteiger partial charge in [0.2, 0.25) is 5.91 Å². The van der Waals surface area contributed by atoms with Gasteiger partial charge in [-0.2, -0.15) is 0 Å². The summed E-state index contributed by atoms with van der Waals surface area (Å²) in [5.41, 5.74) is 2.93. The van der Waals surface area contributed by atoms with Crippen LogP contribution in [-0.2, 0) is 11.2 Å². The monoisotopic (exact) mass is 333 g/mol. The van der Waals surface area contributed by atoms with E-state index in [0.29, 0.717) is 23.8 Å². The van der Waals surface area contributed by atoms with Crippen molar-refractivity contribution in [3.63, 3.8) is 0 Å². The topological polar surface area (TPSA) is 20.3 Å². The largest absolute Gasteiger partial charge is 0.339 e. The molecule has 0 aromatic heterocycles. The Morgan fingerprint density at radius 3 is 2.80 bits per heavy atom. The summed E-state index contributed by atoms with van der Waals surface area (Å²) in [6.07, 6.45) is 4.77. The Kier molecular flexibility index (Phi) is 3.13. The highest BCUT2D eigenvalue weighted by molar-refractivity contribution is 9.09. The maximum Gasteiger partial charge on any atom is 0.226 e. The van der Waals surface area contributed by atoms with E-state index in [2.05, 4.69) is 45.1 Å². The maximum absolute atomic E-state index is 12.9. The van der Waals surface area contributed by atoms with Crippen molar-refractivity contribution in [3.05, 3.63) is 35.4 Å². The fraction of sp³-hybridized carbons (Fsp3) is 0.588. The first-order chi connectivity index (χ1) is 9.81. The minimum Gasteiger partial charge on any atom is -0.339 e. The molecule has 2 fully saturated rings. The Balaban J connectivity index is 1.55. The summed E-state index contributed by atoms with van der Waals surface area (Å²) in [5, 5.41) is 0.897. The SMILES string of the molecule is O=C(C1C2CCc3ccccc3C21)N(CCBr)C1CC1. The summed E-state index contributed by atoms with van der Waals surface area (Å²) in [5.74, 6) is 1.84. The van der Waals surface area contributed by atoms with Gasteiger partial charge in [-0.3, -0.25) is 4.79 Å².